The first-order chi connectivity index (χ1) is 14.6. The molecule has 4 atom stereocenters. The maximum atomic E-state index is 12.7. The average molecular weight is 455 g/mol. The number of rotatable bonds is 13. The second kappa shape index (κ2) is 10.8. The number of aryl methyl sites for hydroxylation is 1. The molecule has 172 valence electrons. The number of Topliss-reactive ketones (excluding diaryl/α,β-unsaturated/α-hetero) is 1. The Morgan fingerprint density at radius 1 is 1.35 bits per heavy atom. The molecule has 0 spiro atoms. The van der Waals surface area contributed by atoms with Crippen molar-refractivity contribution in [2.45, 2.75) is 57.1 Å². The molecule has 2 amide bonds. The summed E-state index contributed by atoms with van der Waals surface area (Å²) in [6.45, 7) is 7.30. The van der Waals surface area contributed by atoms with Crippen LogP contribution in [0.15, 0.2) is 10.6 Å². The van der Waals surface area contributed by atoms with Gasteiger partial charge in [-0.1, -0.05) is 19.0 Å². The average Bonchev–Trinajstić information content (AvgIpc) is 3.34. The van der Waals surface area contributed by atoms with Gasteiger partial charge in [0.25, 0.3) is 0 Å². The Morgan fingerprint density at radius 2 is 2.03 bits per heavy atom. The third-order valence-corrected chi connectivity index (χ3v) is 5.76. The number of thioether (sulfide) groups is 1. The fourth-order valence-electron chi connectivity index (χ4n) is 3.01. The first-order valence-electron chi connectivity index (χ1n) is 10.0. The topological polar surface area (TPSA) is 143 Å². The molecule has 1 aromatic heterocycles. The van der Waals surface area contributed by atoms with E-state index in [0.717, 1.165) is 0 Å². The van der Waals surface area contributed by atoms with Crippen LogP contribution < -0.4 is 16.0 Å². The van der Waals surface area contributed by atoms with Gasteiger partial charge in [0.05, 0.1) is 24.4 Å². The zero-order valence-electron chi connectivity index (χ0n) is 18.4. The highest BCUT2D eigenvalue weighted by atomic mass is 32.2. The van der Waals surface area contributed by atoms with Crippen LogP contribution in [0.5, 0.6) is 0 Å². The molecule has 1 aliphatic rings. The summed E-state index contributed by atoms with van der Waals surface area (Å²) in [6.07, 6.45) is 2.82. The number of aromatic nitrogens is 1. The summed E-state index contributed by atoms with van der Waals surface area (Å²) in [5, 5.41) is 11.2. The number of hydrogen-bond donors (Lipinski definition) is 3. The smallest absolute Gasteiger partial charge is 0.244 e. The Kier molecular flexibility index (Phi) is 8.63. The summed E-state index contributed by atoms with van der Waals surface area (Å²) in [6, 6.07) is -0.0628. The number of hydrogen-bond acceptors (Lipinski definition) is 9. The van der Waals surface area contributed by atoms with Gasteiger partial charge in [0.15, 0.2) is 11.6 Å². The lowest BCUT2D eigenvalue weighted by Crippen LogP contribution is -2.52. The molecule has 0 aliphatic carbocycles. The number of carbonyl (C=O) groups is 4. The minimum Gasteiger partial charge on any atom is -0.361 e. The van der Waals surface area contributed by atoms with E-state index in [-0.39, 0.29) is 18.2 Å². The first kappa shape index (κ1) is 24.9. The molecule has 1 fully saturated rings. The highest BCUT2D eigenvalue weighted by Gasteiger charge is 2.50. The van der Waals surface area contributed by atoms with Crippen LogP contribution in [0.25, 0.3) is 0 Å². The zero-order chi connectivity index (χ0) is 23.2. The van der Waals surface area contributed by atoms with E-state index in [1.54, 1.807) is 26.2 Å². The van der Waals surface area contributed by atoms with Crippen LogP contribution >= 0.6 is 11.8 Å². The van der Waals surface area contributed by atoms with Crippen molar-refractivity contribution >= 4 is 41.5 Å². The molecule has 4 unspecified atom stereocenters. The van der Waals surface area contributed by atoms with Crippen LogP contribution in [0, 0.1) is 12.8 Å². The highest BCUT2D eigenvalue weighted by Crippen LogP contribution is 2.29. The molecule has 10 nitrogen and oxygen atoms in total. The van der Waals surface area contributed by atoms with Gasteiger partial charge in [-0.15, -0.1) is 0 Å². The van der Waals surface area contributed by atoms with Crippen LogP contribution in [-0.4, -0.2) is 71.4 Å². The van der Waals surface area contributed by atoms with Crippen molar-refractivity contribution in [3.05, 3.63) is 11.8 Å². The lowest BCUT2D eigenvalue weighted by molar-refractivity contribution is -0.131. The van der Waals surface area contributed by atoms with E-state index >= 15 is 0 Å². The Morgan fingerprint density at radius 3 is 2.52 bits per heavy atom. The van der Waals surface area contributed by atoms with Gasteiger partial charge in [-0.05, 0) is 32.4 Å². The maximum Gasteiger partial charge on any atom is 0.244 e. The number of nitrogens with one attached hydrogen (secondary N) is 3. The minimum atomic E-state index is -0.961. The molecule has 1 aromatic rings. The fourth-order valence-corrected chi connectivity index (χ4v) is 3.58. The number of ketones is 1. The largest absolute Gasteiger partial charge is 0.361 e. The van der Waals surface area contributed by atoms with Crippen molar-refractivity contribution in [1.29, 1.82) is 0 Å². The van der Waals surface area contributed by atoms with E-state index < -0.39 is 34.7 Å². The van der Waals surface area contributed by atoms with Crippen LogP contribution in [0.3, 0.4) is 0 Å². The van der Waals surface area contributed by atoms with Gasteiger partial charge in [-0.25, -0.2) is 0 Å². The second-order valence-electron chi connectivity index (χ2n) is 8.13. The van der Waals surface area contributed by atoms with Gasteiger partial charge in [0.2, 0.25) is 11.8 Å². The predicted octanol–water partition coefficient (Wildman–Crippen LogP) is 0.699. The van der Waals surface area contributed by atoms with Gasteiger partial charge in [-0.2, -0.15) is 11.8 Å². The summed E-state index contributed by atoms with van der Waals surface area (Å²) >= 11 is 1.19. The van der Waals surface area contributed by atoms with E-state index in [4.69, 9.17) is 9.26 Å². The molecule has 0 radical (unpaired) electrons. The molecule has 3 N–H and O–H groups in total. The Hall–Kier alpha value is -2.40. The van der Waals surface area contributed by atoms with Crippen LogP contribution in [-0.2, 0) is 23.9 Å². The van der Waals surface area contributed by atoms with Crippen LogP contribution in [0.2, 0.25) is 0 Å². The van der Waals surface area contributed by atoms with Crippen molar-refractivity contribution in [1.82, 2.24) is 15.8 Å². The normalized spacial score (nSPS) is 20.5. The number of carbonyl (C=O) groups excluding carboxylic acids is 4. The second-order valence-corrected chi connectivity index (χ2v) is 9.15. The summed E-state index contributed by atoms with van der Waals surface area (Å²) in [5.74, 6) is -0.193. The van der Waals surface area contributed by atoms with Crippen molar-refractivity contribution < 1.29 is 28.4 Å². The highest BCUT2D eigenvalue weighted by molar-refractivity contribution is 7.99. The van der Waals surface area contributed by atoms with E-state index in [0.29, 0.717) is 30.9 Å². The lowest BCUT2D eigenvalue weighted by Gasteiger charge is -2.23. The number of nitrogens with zero attached hydrogens (tertiary/aromatic N) is 1. The van der Waals surface area contributed by atoms with Crippen LogP contribution in [0.1, 0.15) is 33.0 Å². The van der Waals surface area contributed by atoms with E-state index in [1.807, 2.05) is 13.8 Å². The predicted molar refractivity (Wildman–Crippen MR) is 116 cm³/mol. The molecule has 0 bridgehead atoms. The summed E-state index contributed by atoms with van der Waals surface area (Å²) in [5.41, 5.74) is -0.851. The summed E-state index contributed by atoms with van der Waals surface area (Å²) in [4.78, 5) is 49.2. The Bertz CT molecular complexity index is 807. The number of aldehydes is 1. The molecular formula is C20H30N4O6S. The lowest BCUT2D eigenvalue weighted by atomic mass is 9.93. The number of anilines is 1. The van der Waals surface area contributed by atoms with Crippen LogP contribution in [0.4, 0.5) is 5.82 Å². The molecule has 11 heteroatoms. The van der Waals surface area contributed by atoms with Crippen molar-refractivity contribution in [2.75, 3.05) is 24.7 Å². The Labute approximate surface area is 185 Å². The first-order valence-corrected chi connectivity index (χ1v) is 11.3. The standard InChI is InChI=1S/C20H30N4O6S/c1-11(2)6-13(18(27)20(4)10-29-20)22-16(26)8-21-19(28)17(14(9-25)31-5)23-15-7-12(3)30-24-15/h7,9,11,13-14,17H,6,8,10H2,1-5H3,(H,21,28)(H,22,26)(H,23,24). The molecule has 0 aromatic carbocycles. The molecule has 2 heterocycles. The molecule has 0 saturated carbocycles. The molecule has 2 rings (SSSR count). The molecule has 1 saturated heterocycles. The van der Waals surface area contributed by atoms with Crippen molar-refractivity contribution in [3.63, 3.8) is 0 Å². The van der Waals surface area contributed by atoms with Gasteiger partial charge in [0, 0.05) is 6.07 Å². The van der Waals surface area contributed by atoms with E-state index in [2.05, 4.69) is 21.1 Å². The zero-order valence-corrected chi connectivity index (χ0v) is 19.2. The van der Waals surface area contributed by atoms with E-state index in [1.165, 1.54) is 11.8 Å². The van der Waals surface area contributed by atoms with Gasteiger partial charge in [0.1, 0.15) is 23.7 Å². The van der Waals surface area contributed by atoms with Gasteiger partial charge in [-0.3, -0.25) is 14.4 Å². The third-order valence-electron chi connectivity index (χ3n) is 4.83. The minimum absolute atomic E-state index is 0.176. The van der Waals surface area contributed by atoms with Gasteiger partial charge < -0.3 is 30.0 Å². The monoisotopic (exact) mass is 454 g/mol. The fraction of sp³-hybridized carbons (Fsp3) is 0.650. The SMILES string of the molecule is CSC(C=O)C(Nc1cc(C)on1)C(=O)NCC(=O)NC(CC(C)C)C(=O)C1(C)CO1. The quantitative estimate of drug-likeness (QED) is 0.290. The summed E-state index contributed by atoms with van der Waals surface area (Å²) in [7, 11) is 0. The third kappa shape index (κ3) is 7.06. The molecule has 31 heavy (non-hydrogen) atoms. The Balaban J connectivity index is 1.98. The maximum absolute atomic E-state index is 12.7. The number of epoxide rings is 1. The number of amides is 2. The molecular weight excluding hydrogens is 424 g/mol. The molecule has 1 aliphatic heterocycles. The summed E-state index contributed by atoms with van der Waals surface area (Å²) < 4.78 is 10.2. The van der Waals surface area contributed by atoms with E-state index in [9.17, 15) is 19.2 Å². The van der Waals surface area contributed by atoms with Crippen molar-refractivity contribution in [2.24, 2.45) is 5.92 Å². The van der Waals surface area contributed by atoms with Gasteiger partial charge >= 0.3 is 0 Å². The van der Waals surface area contributed by atoms with Crippen molar-refractivity contribution in [3.8, 4) is 0 Å². The number of ether oxygens (including phenoxy) is 1.